The number of carbonyl (C=O) groups excluding carboxylic acids is 1. The second-order valence-corrected chi connectivity index (χ2v) is 4.88. The molecule has 1 aliphatic heterocycles. The summed E-state index contributed by atoms with van der Waals surface area (Å²) in [7, 11) is 0. The summed E-state index contributed by atoms with van der Waals surface area (Å²) in [5, 5.41) is 9.05. The summed E-state index contributed by atoms with van der Waals surface area (Å²) in [5.41, 5.74) is 2.07. The minimum Gasteiger partial charge on any atom is -0.478 e. The van der Waals surface area contributed by atoms with Gasteiger partial charge in [-0.15, -0.1) is 0 Å². The van der Waals surface area contributed by atoms with Gasteiger partial charge in [0.15, 0.2) is 5.78 Å². The lowest BCUT2D eigenvalue weighted by molar-refractivity contribution is -0.132. The topological polar surface area (TPSA) is 57.6 Å². The maximum atomic E-state index is 12.0. The van der Waals surface area contributed by atoms with E-state index in [0.717, 1.165) is 24.2 Å². The van der Waals surface area contributed by atoms with Crippen molar-refractivity contribution in [2.75, 3.05) is 18.0 Å². The van der Waals surface area contributed by atoms with E-state index in [9.17, 15) is 9.59 Å². The Morgan fingerprint density at radius 2 is 2.15 bits per heavy atom. The predicted molar refractivity (Wildman–Crippen MR) is 78.2 cm³/mol. The van der Waals surface area contributed by atoms with Crippen LogP contribution in [0.3, 0.4) is 0 Å². The Bertz CT molecular complexity index is 548. The summed E-state index contributed by atoms with van der Waals surface area (Å²) in [6.07, 6.45) is 3.60. The van der Waals surface area contributed by atoms with Crippen molar-refractivity contribution in [3.8, 4) is 0 Å². The van der Waals surface area contributed by atoms with Crippen molar-refractivity contribution < 1.29 is 14.7 Å². The number of benzene rings is 1. The molecule has 0 atom stereocenters. The maximum Gasteiger partial charge on any atom is 0.331 e. The summed E-state index contributed by atoms with van der Waals surface area (Å²) in [6, 6.07) is 7.55. The zero-order valence-corrected chi connectivity index (χ0v) is 11.6. The Kier molecular flexibility index (Phi) is 4.56. The third-order valence-electron chi connectivity index (χ3n) is 3.59. The number of fused-ring (bicyclic) bond motifs is 1. The zero-order chi connectivity index (χ0) is 14.5. The average molecular weight is 273 g/mol. The van der Waals surface area contributed by atoms with Crippen molar-refractivity contribution in [2.24, 2.45) is 0 Å². The van der Waals surface area contributed by atoms with Gasteiger partial charge in [-0.05, 0) is 25.0 Å². The number of rotatable bonds is 4. The molecule has 0 unspecified atom stereocenters. The summed E-state index contributed by atoms with van der Waals surface area (Å²) in [6.45, 7) is 3.13. The van der Waals surface area contributed by atoms with Crippen LogP contribution in [-0.4, -0.2) is 29.9 Å². The van der Waals surface area contributed by atoms with E-state index >= 15 is 0 Å². The fourth-order valence-electron chi connectivity index (χ4n) is 2.46. The largest absolute Gasteiger partial charge is 0.478 e. The summed E-state index contributed by atoms with van der Waals surface area (Å²) in [5.74, 6) is -0.701. The highest BCUT2D eigenvalue weighted by atomic mass is 16.4. The molecule has 1 N–H and O–H groups in total. The molecule has 0 saturated carbocycles. The number of aliphatic carboxylic acids is 1. The van der Waals surface area contributed by atoms with Crippen molar-refractivity contribution >= 4 is 17.4 Å². The van der Waals surface area contributed by atoms with Gasteiger partial charge in [0, 0.05) is 36.3 Å². The minimum atomic E-state index is -0.869. The van der Waals surface area contributed by atoms with Gasteiger partial charge < -0.3 is 10.0 Å². The summed E-state index contributed by atoms with van der Waals surface area (Å²) in [4.78, 5) is 25.1. The minimum absolute atomic E-state index is 0.168. The van der Waals surface area contributed by atoms with Gasteiger partial charge in [-0.1, -0.05) is 25.1 Å². The van der Waals surface area contributed by atoms with Crippen LogP contribution in [-0.2, 0) is 4.79 Å². The number of carboxylic acid groups (broad SMARTS) is 1. The Morgan fingerprint density at radius 1 is 1.40 bits per heavy atom. The van der Waals surface area contributed by atoms with Crippen LogP contribution >= 0.6 is 0 Å². The molecule has 1 aromatic carbocycles. The van der Waals surface area contributed by atoms with Crippen molar-refractivity contribution in [2.45, 2.75) is 26.2 Å². The number of nitrogens with zero attached hydrogens (tertiary/aromatic N) is 1. The van der Waals surface area contributed by atoms with Crippen LogP contribution < -0.4 is 4.90 Å². The van der Waals surface area contributed by atoms with Crippen LogP contribution in [0.1, 0.15) is 36.5 Å². The number of carbonyl (C=O) groups is 2. The first-order chi connectivity index (χ1) is 9.63. The number of Topliss-reactive ketones (excluding diaryl/α,β-unsaturated/α-hetero) is 1. The first kappa shape index (κ1) is 14.3. The number of ketones is 1. The van der Waals surface area contributed by atoms with E-state index in [1.54, 1.807) is 6.08 Å². The molecule has 0 radical (unpaired) electrons. The second-order valence-electron chi connectivity index (χ2n) is 4.88. The fourth-order valence-corrected chi connectivity index (χ4v) is 2.46. The van der Waals surface area contributed by atoms with E-state index in [1.165, 1.54) is 0 Å². The third-order valence-corrected chi connectivity index (χ3v) is 3.59. The lowest BCUT2D eigenvalue weighted by Crippen LogP contribution is -2.24. The first-order valence-corrected chi connectivity index (χ1v) is 6.93. The molecule has 4 heteroatoms. The van der Waals surface area contributed by atoms with Gasteiger partial charge in [0.1, 0.15) is 0 Å². The molecule has 20 heavy (non-hydrogen) atoms. The van der Waals surface area contributed by atoms with Gasteiger partial charge in [0.25, 0.3) is 0 Å². The maximum absolute atomic E-state index is 12.0. The third kappa shape index (κ3) is 3.07. The molecule has 1 aliphatic rings. The number of hydrogen-bond donors (Lipinski definition) is 1. The van der Waals surface area contributed by atoms with Gasteiger partial charge in [0.2, 0.25) is 0 Å². The van der Waals surface area contributed by atoms with E-state index in [0.29, 0.717) is 25.0 Å². The van der Waals surface area contributed by atoms with Gasteiger partial charge in [-0.25, -0.2) is 4.79 Å². The Morgan fingerprint density at radius 3 is 2.85 bits per heavy atom. The van der Waals surface area contributed by atoms with Crippen molar-refractivity contribution in [3.63, 3.8) is 0 Å². The highest BCUT2D eigenvalue weighted by Gasteiger charge is 2.19. The van der Waals surface area contributed by atoms with Crippen LogP contribution in [0.15, 0.2) is 35.9 Å². The Hall–Kier alpha value is -2.10. The normalized spacial score (nSPS) is 15.8. The molecule has 1 aromatic rings. The van der Waals surface area contributed by atoms with E-state index in [1.807, 2.05) is 31.2 Å². The molecular formula is C16H19NO3. The molecule has 4 nitrogen and oxygen atoms in total. The van der Waals surface area contributed by atoms with Gasteiger partial charge in [0.05, 0.1) is 0 Å². The van der Waals surface area contributed by atoms with E-state index in [4.69, 9.17) is 5.11 Å². The first-order valence-electron chi connectivity index (χ1n) is 6.93. The average Bonchev–Trinajstić information content (AvgIpc) is 2.60. The number of anilines is 1. The van der Waals surface area contributed by atoms with Crippen LogP contribution in [0.2, 0.25) is 0 Å². The second kappa shape index (κ2) is 6.37. The van der Waals surface area contributed by atoms with Gasteiger partial charge in [-0.3, -0.25) is 4.79 Å². The number of hydrogen-bond acceptors (Lipinski definition) is 3. The molecule has 0 aliphatic carbocycles. The summed E-state index contributed by atoms with van der Waals surface area (Å²) < 4.78 is 0. The smallest absolute Gasteiger partial charge is 0.331 e. The molecule has 2 rings (SSSR count). The SMILES string of the molecule is CC/C(=C/CN1CCCC(=O)c2ccccc21)C(=O)O. The predicted octanol–water partition coefficient (Wildman–Crippen LogP) is 2.89. The van der Waals surface area contributed by atoms with Crippen molar-refractivity contribution in [1.29, 1.82) is 0 Å². The molecule has 0 amide bonds. The molecular weight excluding hydrogens is 254 g/mol. The van der Waals surface area contributed by atoms with E-state index < -0.39 is 5.97 Å². The highest BCUT2D eigenvalue weighted by molar-refractivity contribution is 6.02. The van der Waals surface area contributed by atoms with E-state index in [-0.39, 0.29) is 5.78 Å². The van der Waals surface area contributed by atoms with Crippen LogP contribution in [0.4, 0.5) is 5.69 Å². The van der Waals surface area contributed by atoms with E-state index in [2.05, 4.69) is 4.90 Å². The van der Waals surface area contributed by atoms with Crippen molar-refractivity contribution in [1.82, 2.24) is 0 Å². The Balaban J connectivity index is 2.26. The molecule has 0 fully saturated rings. The molecule has 0 spiro atoms. The monoisotopic (exact) mass is 273 g/mol. The van der Waals surface area contributed by atoms with Gasteiger partial charge in [-0.2, -0.15) is 0 Å². The van der Waals surface area contributed by atoms with Crippen LogP contribution in [0.5, 0.6) is 0 Å². The number of para-hydroxylation sites is 1. The van der Waals surface area contributed by atoms with Crippen LogP contribution in [0, 0.1) is 0 Å². The molecule has 0 bridgehead atoms. The lowest BCUT2D eigenvalue weighted by Gasteiger charge is -2.23. The van der Waals surface area contributed by atoms with Crippen LogP contribution in [0.25, 0.3) is 0 Å². The van der Waals surface area contributed by atoms with Gasteiger partial charge >= 0.3 is 5.97 Å². The molecule has 0 saturated heterocycles. The molecule has 1 heterocycles. The number of carboxylic acids is 1. The fraction of sp³-hybridized carbons (Fsp3) is 0.375. The van der Waals surface area contributed by atoms with Crippen molar-refractivity contribution in [3.05, 3.63) is 41.5 Å². The lowest BCUT2D eigenvalue weighted by atomic mass is 10.1. The standard InChI is InChI=1S/C16H19NO3/c1-2-12(16(19)20)9-11-17-10-5-8-15(18)13-6-3-4-7-14(13)17/h3-4,6-7,9H,2,5,8,10-11H2,1H3,(H,19,20)/b12-9-. The highest BCUT2D eigenvalue weighted by Crippen LogP contribution is 2.26. The molecule has 0 aromatic heterocycles. The summed E-state index contributed by atoms with van der Waals surface area (Å²) >= 11 is 0. The quantitative estimate of drug-likeness (QED) is 0.857. The molecule has 106 valence electrons. The zero-order valence-electron chi connectivity index (χ0n) is 11.6. The Labute approximate surface area is 118 Å².